The first-order valence-electron chi connectivity index (χ1n) is 6.93. The quantitative estimate of drug-likeness (QED) is 0.631. The van der Waals surface area contributed by atoms with Gasteiger partial charge in [0.2, 0.25) is 0 Å². The zero-order valence-corrected chi connectivity index (χ0v) is 10.5. The topological polar surface area (TPSA) is 79.2 Å². The Labute approximate surface area is 107 Å². The summed E-state index contributed by atoms with van der Waals surface area (Å²) in [5, 5.41) is 29.5. The third-order valence-electron chi connectivity index (χ3n) is 4.54. The molecular formula is C13H22O5. The number of hydrogen-bond acceptors (Lipinski definition) is 5. The lowest BCUT2D eigenvalue weighted by Gasteiger charge is -2.38. The number of fused-ring (bicyclic) bond motifs is 1. The van der Waals surface area contributed by atoms with Gasteiger partial charge in [-0.1, -0.05) is 6.42 Å². The van der Waals surface area contributed by atoms with E-state index in [4.69, 9.17) is 9.47 Å². The fourth-order valence-corrected chi connectivity index (χ4v) is 3.60. The fourth-order valence-electron chi connectivity index (χ4n) is 3.60. The number of aliphatic hydroxyl groups excluding tert-OH is 2. The Morgan fingerprint density at radius 2 is 1.78 bits per heavy atom. The van der Waals surface area contributed by atoms with Gasteiger partial charge in [0.25, 0.3) is 0 Å². The Kier molecular flexibility index (Phi) is 3.15. The molecule has 1 aliphatic heterocycles. The van der Waals surface area contributed by atoms with Crippen LogP contribution in [0.3, 0.4) is 0 Å². The standard InChI is InChI=1S/C13H22O5/c14-8-12(16)6-9(15)11-10(7-12)17-13(18-11)4-2-1-3-5-13/h9-11,14-16H,1-8H2/t9-,10-,11+,12-/m1/s1. The number of hydrogen-bond donors (Lipinski definition) is 3. The second-order valence-electron chi connectivity index (χ2n) is 6.07. The number of aliphatic hydroxyl groups is 3. The van der Waals surface area contributed by atoms with E-state index in [-0.39, 0.29) is 25.2 Å². The molecule has 0 radical (unpaired) electrons. The maximum absolute atomic E-state index is 10.1. The lowest BCUT2D eigenvalue weighted by atomic mass is 9.80. The lowest BCUT2D eigenvalue weighted by Crippen LogP contribution is -2.52. The third-order valence-corrected chi connectivity index (χ3v) is 4.54. The summed E-state index contributed by atoms with van der Waals surface area (Å²) in [6, 6.07) is 0. The summed E-state index contributed by atoms with van der Waals surface area (Å²) >= 11 is 0. The van der Waals surface area contributed by atoms with Crippen molar-refractivity contribution in [3.63, 3.8) is 0 Å². The molecule has 1 heterocycles. The van der Waals surface area contributed by atoms with Gasteiger partial charge in [-0.3, -0.25) is 0 Å². The summed E-state index contributed by atoms with van der Waals surface area (Å²) in [5.74, 6) is -0.546. The van der Waals surface area contributed by atoms with Crippen LogP contribution in [0.2, 0.25) is 0 Å². The Morgan fingerprint density at radius 1 is 1.06 bits per heavy atom. The van der Waals surface area contributed by atoms with Crippen molar-refractivity contribution < 1.29 is 24.8 Å². The van der Waals surface area contributed by atoms with Gasteiger partial charge >= 0.3 is 0 Å². The predicted molar refractivity (Wildman–Crippen MR) is 62.8 cm³/mol. The summed E-state index contributed by atoms with van der Waals surface area (Å²) in [7, 11) is 0. The van der Waals surface area contributed by atoms with Gasteiger partial charge in [-0.15, -0.1) is 0 Å². The zero-order valence-electron chi connectivity index (χ0n) is 10.5. The van der Waals surface area contributed by atoms with Crippen LogP contribution in [0.25, 0.3) is 0 Å². The van der Waals surface area contributed by atoms with Crippen molar-refractivity contribution in [3.8, 4) is 0 Å². The smallest absolute Gasteiger partial charge is 0.169 e. The molecule has 3 fully saturated rings. The Morgan fingerprint density at radius 3 is 2.44 bits per heavy atom. The largest absolute Gasteiger partial charge is 0.393 e. The molecule has 5 heteroatoms. The van der Waals surface area contributed by atoms with E-state index in [2.05, 4.69) is 0 Å². The van der Waals surface area contributed by atoms with Crippen molar-refractivity contribution >= 4 is 0 Å². The highest BCUT2D eigenvalue weighted by molar-refractivity contribution is 5.01. The van der Waals surface area contributed by atoms with Crippen LogP contribution in [-0.2, 0) is 9.47 Å². The highest BCUT2D eigenvalue weighted by Crippen LogP contribution is 2.46. The maximum Gasteiger partial charge on any atom is 0.169 e. The second kappa shape index (κ2) is 4.42. The van der Waals surface area contributed by atoms with Crippen LogP contribution in [0.5, 0.6) is 0 Å². The van der Waals surface area contributed by atoms with Gasteiger partial charge in [0.1, 0.15) is 6.10 Å². The van der Waals surface area contributed by atoms with E-state index < -0.39 is 17.5 Å². The van der Waals surface area contributed by atoms with E-state index in [1.807, 2.05) is 0 Å². The average Bonchev–Trinajstić information content (AvgIpc) is 2.68. The van der Waals surface area contributed by atoms with Gasteiger partial charge in [-0.2, -0.15) is 0 Å². The lowest BCUT2D eigenvalue weighted by molar-refractivity contribution is -0.198. The van der Waals surface area contributed by atoms with E-state index in [1.54, 1.807) is 0 Å². The Balaban J connectivity index is 1.76. The summed E-state index contributed by atoms with van der Waals surface area (Å²) in [4.78, 5) is 0. The van der Waals surface area contributed by atoms with Crippen LogP contribution in [0.4, 0.5) is 0 Å². The van der Waals surface area contributed by atoms with Crippen molar-refractivity contribution in [2.24, 2.45) is 0 Å². The minimum atomic E-state index is -1.23. The molecule has 3 rings (SSSR count). The monoisotopic (exact) mass is 258 g/mol. The van der Waals surface area contributed by atoms with Crippen LogP contribution < -0.4 is 0 Å². The number of ether oxygens (including phenoxy) is 2. The van der Waals surface area contributed by atoms with Gasteiger partial charge in [0, 0.05) is 25.7 Å². The molecule has 0 aromatic rings. The average molecular weight is 258 g/mol. The van der Waals surface area contributed by atoms with Gasteiger partial charge in [-0.05, 0) is 12.8 Å². The van der Waals surface area contributed by atoms with Gasteiger partial charge in [-0.25, -0.2) is 0 Å². The van der Waals surface area contributed by atoms with E-state index in [1.165, 1.54) is 6.42 Å². The van der Waals surface area contributed by atoms with Crippen molar-refractivity contribution in [3.05, 3.63) is 0 Å². The molecule has 1 saturated heterocycles. The first-order chi connectivity index (χ1) is 8.56. The first kappa shape index (κ1) is 12.8. The summed E-state index contributed by atoms with van der Waals surface area (Å²) in [6.07, 6.45) is 4.18. The van der Waals surface area contributed by atoms with Crippen molar-refractivity contribution in [1.82, 2.24) is 0 Å². The minimum Gasteiger partial charge on any atom is -0.393 e. The van der Waals surface area contributed by atoms with Crippen LogP contribution in [0, 0.1) is 0 Å². The molecular weight excluding hydrogens is 236 g/mol. The Hall–Kier alpha value is -0.200. The summed E-state index contributed by atoms with van der Waals surface area (Å²) in [6.45, 7) is -0.344. The highest BCUT2D eigenvalue weighted by Gasteiger charge is 2.56. The molecule has 18 heavy (non-hydrogen) atoms. The molecule has 5 nitrogen and oxygen atoms in total. The van der Waals surface area contributed by atoms with E-state index in [0.717, 1.165) is 25.7 Å². The molecule has 0 aromatic heterocycles. The van der Waals surface area contributed by atoms with Gasteiger partial charge in [0.05, 0.1) is 24.4 Å². The predicted octanol–water partition coefficient (Wildman–Crippen LogP) is 0.309. The molecule has 0 bridgehead atoms. The van der Waals surface area contributed by atoms with Crippen LogP contribution in [0.1, 0.15) is 44.9 Å². The first-order valence-corrected chi connectivity index (χ1v) is 6.93. The van der Waals surface area contributed by atoms with Crippen molar-refractivity contribution in [1.29, 1.82) is 0 Å². The van der Waals surface area contributed by atoms with Crippen LogP contribution in [0.15, 0.2) is 0 Å². The molecule has 2 aliphatic carbocycles. The summed E-state index contributed by atoms with van der Waals surface area (Å²) in [5.41, 5.74) is -1.23. The van der Waals surface area contributed by atoms with E-state index >= 15 is 0 Å². The highest BCUT2D eigenvalue weighted by atomic mass is 16.8. The molecule has 3 aliphatic rings. The second-order valence-corrected chi connectivity index (χ2v) is 6.07. The molecule has 2 saturated carbocycles. The summed E-state index contributed by atoms with van der Waals surface area (Å²) < 4.78 is 12.0. The third kappa shape index (κ3) is 2.08. The zero-order chi connectivity index (χ0) is 12.8. The maximum atomic E-state index is 10.1. The van der Waals surface area contributed by atoms with Gasteiger partial charge < -0.3 is 24.8 Å². The van der Waals surface area contributed by atoms with Crippen LogP contribution >= 0.6 is 0 Å². The molecule has 3 N–H and O–H groups in total. The molecule has 4 atom stereocenters. The SMILES string of the molecule is OC[C@@]1(O)C[C@@H](O)[C@@H]2OC3(CCCCC3)O[C@@H]2C1. The molecule has 0 aromatic carbocycles. The minimum absolute atomic E-state index is 0.157. The fraction of sp³-hybridized carbons (Fsp3) is 1.00. The molecule has 0 unspecified atom stereocenters. The van der Waals surface area contributed by atoms with E-state index in [0.29, 0.717) is 6.42 Å². The van der Waals surface area contributed by atoms with Crippen molar-refractivity contribution in [2.75, 3.05) is 6.61 Å². The van der Waals surface area contributed by atoms with E-state index in [9.17, 15) is 15.3 Å². The van der Waals surface area contributed by atoms with Crippen molar-refractivity contribution in [2.45, 2.75) is 74.6 Å². The Bertz CT molecular complexity index is 315. The van der Waals surface area contributed by atoms with Crippen LogP contribution in [-0.4, -0.2) is 51.6 Å². The van der Waals surface area contributed by atoms with Gasteiger partial charge in [0.15, 0.2) is 5.79 Å². The molecule has 104 valence electrons. The molecule has 1 spiro atoms. The normalized spacial score (nSPS) is 47.2. The molecule has 0 amide bonds. The number of rotatable bonds is 1.